The third kappa shape index (κ3) is 3.47. The lowest BCUT2D eigenvalue weighted by atomic mass is 10.1. The van der Waals surface area contributed by atoms with E-state index in [4.69, 9.17) is 5.73 Å². The Kier molecular flexibility index (Phi) is 4.72. The van der Waals surface area contributed by atoms with Crippen LogP contribution in [0.4, 0.5) is 10.5 Å². The summed E-state index contributed by atoms with van der Waals surface area (Å²) in [7, 11) is -3.35. The van der Waals surface area contributed by atoms with Gasteiger partial charge in [0, 0.05) is 25.3 Å². The van der Waals surface area contributed by atoms with Crippen LogP contribution in [0.3, 0.4) is 0 Å². The molecule has 0 aliphatic carbocycles. The molecule has 1 saturated heterocycles. The van der Waals surface area contributed by atoms with Gasteiger partial charge < -0.3 is 16.0 Å². The van der Waals surface area contributed by atoms with Crippen LogP contribution < -0.4 is 11.1 Å². The summed E-state index contributed by atoms with van der Waals surface area (Å²) in [4.78, 5) is 13.7. The van der Waals surface area contributed by atoms with Gasteiger partial charge in [0.1, 0.15) is 0 Å². The molecule has 1 aromatic carbocycles. The number of nitrogen functional groups attached to an aromatic ring is 1. The van der Waals surface area contributed by atoms with E-state index in [1.165, 1.54) is 0 Å². The number of hydrogen-bond donors (Lipinski definition) is 2. The van der Waals surface area contributed by atoms with Crippen molar-refractivity contribution in [2.75, 3.05) is 25.4 Å². The predicted octanol–water partition coefficient (Wildman–Crippen LogP) is 1.24. The molecule has 0 aromatic heterocycles. The number of likely N-dealkylation sites (tertiary alicyclic amines) is 1. The number of carbonyl (C=O) groups excluding carboxylic acids is 1. The van der Waals surface area contributed by atoms with Crippen molar-refractivity contribution < 1.29 is 13.2 Å². The van der Waals surface area contributed by atoms with E-state index >= 15 is 0 Å². The molecule has 0 spiro atoms. The van der Waals surface area contributed by atoms with Crippen molar-refractivity contribution in [3.63, 3.8) is 0 Å². The first kappa shape index (κ1) is 15.6. The van der Waals surface area contributed by atoms with Gasteiger partial charge >= 0.3 is 6.03 Å². The Balaban J connectivity index is 2.04. The minimum atomic E-state index is -3.35. The maximum Gasteiger partial charge on any atom is 0.317 e. The maximum absolute atomic E-state index is 12.5. The van der Waals surface area contributed by atoms with E-state index in [9.17, 15) is 13.2 Å². The number of nitrogens with one attached hydrogen (secondary N) is 1. The van der Waals surface area contributed by atoms with Crippen LogP contribution in [0.2, 0.25) is 0 Å². The van der Waals surface area contributed by atoms with E-state index in [0.29, 0.717) is 43.1 Å². The molecule has 0 unspecified atom stereocenters. The maximum atomic E-state index is 12.5. The number of piperidine rings is 1. The zero-order chi connectivity index (χ0) is 15.5. The smallest absolute Gasteiger partial charge is 0.317 e. The standard InChI is InChI=1S/C14H21N3O3S/c1-2-16-14(18)17-9-7-13(8-10-17)21(19,20)12-5-3-11(15)4-6-12/h3-6,13H,2,7-10,15H2,1H3,(H,16,18). The molecule has 1 fully saturated rings. The molecule has 6 nitrogen and oxygen atoms in total. The number of hydrogen-bond acceptors (Lipinski definition) is 4. The minimum Gasteiger partial charge on any atom is -0.399 e. The van der Waals surface area contributed by atoms with Crippen molar-refractivity contribution in [3.8, 4) is 0 Å². The predicted molar refractivity (Wildman–Crippen MR) is 81.7 cm³/mol. The number of carbonyl (C=O) groups is 1. The number of benzene rings is 1. The molecule has 116 valence electrons. The molecule has 1 heterocycles. The van der Waals surface area contributed by atoms with Crippen molar-refractivity contribution in [1.82, 2.24) is 10.2 Å². The van der Waals surface area contributed by atoms with Crippen molar-refractivity contribution in [1.29, 1.82) is 0 Å². The Morgan fingerprint density at radius 3 is 2.38 bits per heavy atom. The van der Waals surface area contributed by atoms with E-state index in [2.05, 4.69) is 5.32 Å². The SMILES string of the molecule is CCNC(=O)N1CCC(S(=O)(=O)c2ccc(N)cc2)CC1. The molecule has 1 aliphatic heterocycles. The van der Waals surface area contributed by atoms with E-state index in [-0.39, 0.29) is 6.03 Å². The highest BCUT2D eigenvalue weighted by Gasteiger charge is 2.32. The Bertz CT molecular complexity index is 590. The molecule has 7 heteroatoms. The fraction of sp³-hybridized carbons (Fsp3) is 0.500. The lowest BCUT2D eigenvalue weighted by Crippen LogP contribution is -2.46. The first-order valence-corrected chi connectivity index (χ1v) is 8.62. The van der Waals surface area contributed by atoms with Gasteiger partial charge in [0.05, 0.1) is 10.1 Å². The van der Waals surface area contributed by atoms with Crippen molar-refractivity contribution in [3.05, 3.63) is 24.3 Å². The quantitative estimate of drug-likeness (QED) is 0.821. The minimum absolute atomic E-state index is 0.124. The average molecular weight is 311 g/mol. The number of nitrogens with zero attached hydrogens (tertiary/aromatic N) is 1. The Morgan fingerprint density at radius 2 is 1.86 bits per heavy atom. The van der Waals surface area contributed by atoms with E-state index in [1.54, 1.807) is 29.2 Å². The van der Waals surface area contributed by atoms with Crippen LogP contribution >= 0.6 is 0 Å². The molecule has 0 radical (unpaired) electrons. The van der Waals surface area contributed by atoms with E-state index < -0.39 is 15.1 Å². The molecule has 2 rings (SSSR count). The summed E-state index contributed by atoms with van der Waals surface area (Å²) >= 11 is 0. The second-order valence-electron chi connectivity index (χ2n) is 5.14. The van der Waals surface area contributed by atoms with Crippen LogP contribution in [0.1, 0.15) is 19.8 Å². The molecule has 1 aromatic rings. The Hall–Kier alpha value is -1.76. The van der Waals surface area contributed by atoms with Crippen LogP contribution in [0.5, 0.6) is 0 Å². The van der Waals surface area contributed by atoms with Crippen LogP contribution in [0.15, 0.2) is 29.2 Å². The van der Waals surface area contributed by atoms with Crippen LogP contribution in [-0.2, 0) is 9.84 Å². The zero-order valence-corrected chi connectivity index (χ0v) is 12.9. The van der Waals surface area contributed by atoms with Crippen LogP contribution in [0.25, 0.3) is 0 Å². The van der Waals surface area contributed by atoms with Crippen molar-refractivity contribution in [2.45, 2.75) is 29.9 Å². The van der Waals surface area contributed by atoms with Gasteiger partial charge in [-0.1, -0.05) is 0 Å². The summed E-state index contributed by atoms with van der Waals surface area (Å²) in [5.41, 5.74) is 6.12. The van der Waals surface area contributed by atoms with E-state index in [0.717, 1.165) is 0 Å². The number of anilines is 1. The van der Waals surface area contributed by atoms with Gasteiger partial charge in [-0.15, -0.1) is 0 Å². The van der Waals surface area contributed by atoms with Gasteiger partial charge in [0.15, 0.2) is 9.84 Å². The summed E-state index contributed by atoms with van der Waals surface area (Å²) in [5, 5.41) is 2.29. The second kappa shape index (κ2) is 6.34. The number of rotatable bonds is 3. The van der Waals surface area contributed by atoms with Crippen molar-refractivity contribution >= 4 is 21.6 Å². The Morgan fingerprint density at radius 1 is 1.29 bits per heavy atom. The zero-order valence-electron chi connectivity index (χ0n) is 12.1. The van der Waals surface area contributed by atoms with Crippen LogP contribution in [-0.4, -0.2) is 44.2 Å². The molecule has 0 saturated carbocycles. The van der Waals surface area contributed by atoms with Gasteiger partial charge in [0.25, 0.3) is 0 Å². The molecule has 0 bridgehead atoms. The number of amides is 2. The first-order chi connectivity index (χ1) is 9.95. The average Bonchev–Trinajstić information content (AvgIpc) is 2.48. The second-order valence-corrected chi connectivity index (χ2v) is 7.36. The molecular weight excluding hydrogens is 290 g/mol. The summed E-state index contributed by atoms with van der Waals surface area (Å²) in [5.74, 6) is 0. The van der Waals surface area contributed by atoms with Gasteiger partial charge in [0.2, 0.25) is 0 Å². The molecule has 1 aliphatic rings. The Labute approximate surface area is 125 Å². The molecular formula is C14H21N3O3S. The van der Waals surface area contributed by atoms with Crippen LogP contribution in [0, 0.1) is 0 Å². The van der Waals surface area contributed by atoms with Gasteiger partial charge in [-0.05, 0) is 44.0 Å². The van der Waals surface area contributed by atoms with Gasteiger partial charge in [-0.2, -0.15) is 0 Å². The van der Waals surface area contributed by atoms with Crippen molar-refractivity contribution in [2.24, 2.45) is 0 Å². The van der Waals surface area contributed by atoms with Gasteiger partial charge in [-0.25, -0.2) is 13.2 Å². The summed E-state index contributed by atoms with van der Waals surface area (Å²) in [6.45, 7) is 3.36. The highest BCUT2D eigenvalue weighted by Crippen LogP contribution is 2.25. The lowest BCUT2D eigenvalue weighted by Gasteiger charge is -2.31. The molecule has 21 heavy (non-hydrogen) atoms. The monoisotopic (exact) mass is 311 g/mol. The largest absolute Gasteiger partial charge is 0.399 e. The number of sulfone groups is 1. The third-order valence-corrected chi connectivity index (χ3v) is 5.98. The lowest BCUT2D eigenvalue weighted by molar-refractivity contribution is 0.187. The topological polar surface area (TPSA) is 92.5 Å². The summed E-state index contributed by atoms with van der Waals surface area (Å²) in [6, 6.07) is 6.15. The third-order valence-electron chi connectivity index (χ3n) is 3.70. The molecule has 0 atom stereocenters. The molecule has 3 N–H and O–H groups in total. The highest BCUT2D eigenvalue weighted by atomic mass is 32.2. The summed E-state index contributed by atoms with van der Waals surface area (Å²) in [6.07, 6.45) is 0.924. The number of nitrogens with two attached hydrogens (primary N) is 1. The molecule has 2 amide bonds. The normalized spacial score (nSPS) is 16.7. The summed E-state index contributed by atoms with van der Waals surface area (Å²) < 4.78 is 25.1. The van der Waals surface area contributed by atoms with Gasteiger partial charge in [-0.3, -0.25) is 0 Å². The fourth-order valence-electron chi connectivity index (χ4n) is 2.48. The number of urea groups is 1. The first-order valence-electron chi connectivity index (χ1n) is 7.07. The highest BCUT2D eigenvalue weighted by molar-refractivity contribution is 7.92. The van der Waals surface area contributed by atoms with E-state index in [1.807, 2.05) is 6.92 Å². The fourth-order valence-corrected chi connectivity index (χ4v) is 4.21.